The number of aryl methyl sites for hydroxylation is 1. The molecule has 3 aromatic rings. The van der Waals surface area contributed by atoms with E-state index in [-0.39, 0.29) is 6.79 Å². The van der Waals surface area contributed by atoms with Gasteiger partial charge in [-0.15, -0.1) is 0 Å². The molecule has 0 unspecified atom stereocenters. The first kappa shape index (κ1) is 16.8. The lowest BCUT2D eigenvalue weighted by molar-refractivity contribution is -0.0169. The van der Waals surface area contributed by atoms with Crippen molar-refractivity contribution in [1.29, 1.82) is 0 Å². The van der Waals surface area contributed by atoms with Crippen molar-refractivity contribution in [2.45, 2.75) is 20.1 Å². The third-order valence-electron chi connectivity index (χ3n) is 4.17. The van der Waals surface area contributed by atoms with Crippen molar-refractivity contribution < 1.29 is 9.47 Å². The van der Waals surface area contributed by atoms with E-state index in [4.69, 9.17) is 21.1 Å². The number of fused-ring (bicyclic) bond motifs is 1. The molecule has 0 saturated heterocycles. The van der Waals surface area contributed by atoms with Crippen molar-refractivity contribution >= 4 is 17.3 Å². The fourth-order valence-corrected chi connectivity index (χ4v) is 3.25. The van der Waals surface area contributed by atoms with Crippen LogP contribution in [-0.4, -0.2) is 16.8 Å². The zero-order chi connectivity index (χ0) is 17.9. The van der Waals surface area contributed by atoms with E-state index in [1.165, 1.54) is 0 Å². The number of benzene rings is 2. The lowest BCUT2D eigenvalue weighted by Gasteiger charge is -2.21. The topological polar surface area (TPSA) is 56.3 Å². The first-order valence-corrected chi connectivity index (χ1v) is 8.72. The number of nitrogens with one attached hydrogen (secondary N) is 1. The maximum Gasteiger partial charge on any atom is 0.189 e. The van der Waals surface area contributed by atoms with Gasteiger partial charge in [0, 0.05) is 40.1 Å². The first-order chi connectivity index (χ1) is 12.7. The minimum Gasteiger partial charge on any atom is -0.467 e. The molecule has 132 valence electrons. The molecule has 0 saturated carbocycles. The van der Waals surface area contributed by atoms with E-state index in [0.29, 0.717) is 18.2 Å². The van der Waals surface area contributed by atoms with Gasteiger partial charge >= 0.3 is 0 Å². The van der Waals surface area contributed by atoms with Gasteiger partial charge in [-0.1, -0.05) is 23.7 Å². The summed E-state index contributed by atoms with van der Waals surface area (Å²) in [6, 6.07) is 13.9. The highest BCUT2D eigenvalue weighted by Crippen LogP contribution is 2.32. The number of rotatable bonds is 4. The molecule has 1 N–H and O–H groups in total. The lowest BCUT2D eigenvalue weighted by atomic mass is 10.1. The third kappa shape index (κ3) is 3.64. The van der Waals surface area contributed by atoms with E-state index in [1.54, 1.807) is 6.20 Å². The Morgan fingerprint density at radius 1 is 1.19 bits per heavy atom. The van der Waals surface area contributed by atoms with Crippen LogP contribution in [0.5, 0.6) is 5.75 Å². The van der Waals surface area contributed by atoms with Crippen LogP contribution in [0.2, 0.25) is 5.02 Å². The predicted molar refractivity (Wildman–Crippen MR) is 101 cm³/mol. The average Bonchev–Trinajstić information content (AvgIpc) is 2.66. The summed E-state index contributed by atoms with van der Waals surface area (Å²) in [5.41, 5.74) is 4.93. The van der Waals surface area contributed by atoms with Gasteiger partial charge < -0.3 is 14.8 Å². The van der Waals surface area contributed by atoms with Crippen molar-refractivity contribution in [1.82, 2.24) is 9.97 Å². The summed E-state index contributed by atoms with van der Waals surface area (Å²) in [7, 11) is 0. The smallest absolute Gasteiger partial charge is 0.189 e. The van der Waals surface area contributed by atoms with Crippen LogP contribution < -0.4 is 10.1 Å². The highest BCUT2D eigenvalue weighted by molar-refractivity contribution is 6.30. The Labute approximate surface area is 157 Å². The summed E-state index contributed by atoms with van der Waals surface area (Å²) >= 11 is 6.23. The van der Waals surface area contributed by atoms with Crippen molar-refractivity contribution in [2.24, 2.45) is 0 Å². The van der Waals surface area contributed by atoms with Gasteiger partial charge in [-0.05, 0) is 37.3 Å². The first-order valence-electron chi connectivity index (χ1n) is 8.35. The molecule has 2 heterocycles. The molecule has 0 radical (unpaired) electrons. The molecular weight excluding hydrogens is 350 g/mol. The van der Waals surface area contributed by atoms with E-state index in [0.717, 1.165) is 39.6 Å². The van der Waals surface area contributed by atoms with Crippen LogP contribution in [0, 0.1) is 6.92 Å². The number of anilines is 1. The third-order valence-corrected chi connectivity index (χ3v) is 4.39. The van der Waals surface area contributed by atoms with Crippen LogP contribution in [-0.2, 0) is 17.9 Å². The summed E-state index contributed by atoms with van der Waals surface area (Å²) in [5, 5.41) is 4.12. The largest absolute Gasteiger partial charge is 0.467 e. The van der Waals surface area contributed by atoms with Gasteiger partial charge in [0.05, 0.1) is 12.3 Å². The van der Waals surface area contributed by atoms with Crippen LogP contribution in [0.25, 0.3) is 11.3 Å². The Morgan fingerprint density at radius 2 is 2.12 bits per heavy atom. The second-order valence-electron chi connectivity index (χ2n) is 6.09. The zero-order valence-corrected chi connectivity index (χ0v) is 15.1. The molecule has 0 aliphatic carbocycles. The van der Waals surface area contributed by atoms with Gasteiger partial charge in [-0.25, -0.2) is 9.97 Å². The molecule has 0 atom stereocenters. The van der Waals surface area contributed by atoms with Crippen molar-refractivity contribution in [3.05, 3.63) is 70.6 Å². The quantitative estimate of drug-likeness (QED) is 0.731. The molecule has 0 bridgehead atoms. The number of aromatic nitrogens is 2. The van der Waals surface area contributed by atoms with Crippen molar-refractivity contribution in [3.63, 3.8) is 0 Å². The Hall–Kier alpha value is -2.63. The Morgan fingerprint density at radius 3 is 3.00 bits per heavy atom. The summed E-state index contributed by atoms with van der Waals surface area (Å²) < 4.78 is 11.0. The Kier molecular flexibility index (Phi) is 4.73. The minimum absolute atomic E-state index is 0.268. The van der Waals surface area contributed by atoms with Gasteiger partial charge in [0.1, 0.15) is 11.6 Å². The highest BCUT2D eigenvalue weighted by Gasteiger charge is 2.16. The van der Waals surface area contributed by atoms with Crippen LogP contribution in [0.1, 0.15) is 17.0 Å². The number of halogens is 1. The summed E-state index contributed by atoms with van der Waals surface area (Å²) in [6.07, 6.45) is 1.77. The van der Waals surface area contributed by atoms with Crippen LogP contribution in [0.15, 0.2) is 48.7 Å². The second-order valence-corrected chi connectivity index (χ2v) is 6.52. The standard InChI is InChI=1S/C20H18ClN3O2/c1-13-22-6-5-19(24-13)14-3-2-4-18(9-14)23-10-15-7-17(21)8-16-11-25-12-26-20(15)16/h2-9,23H,10-12H2,1H3. The van der Waals surface area contributed by atoms with Crippen LogP contribution >= 0.6 is 11.6 Å². The SMILES string of the molecule is Cc1nccc(-c2cccc(NCc3cc(Cl)cc4c3OCOC4)c2)n1. The van der Waals surface area contributed by atoms with E-state index >= 15 is 0 Å². The molecule has 26 heavy (non-hydrogen) atoms. The summed E-state index contributed by atoms with van der Waals surface area (Å²) in [6.45, 7) is 3.28. The Balaban J connectivity index is 1.56. The maximum atomic E-state index is 6.23. The molecule has 2 aromatic carbocycles. The molecule has 0 spiro atoms. The fraction of sp³-hybridized carbons (Fsp3) is 0.200. The van der Waals surface area contributed by atoms with Gasteiger partial charge in [0.15, 0.2) is 6.79 Å². The van der Waals surface area contributed by atoms with Gasteiger partial charge in [-0.3, -0.25) is 0 Å². The van der Waals surface area contributed by atoms with E-state index < -0.39 is 0 Å². The monoisotopic (exact) mass is 367 g/mol. The molecule has 6 heteroatoms. The molecule has 0 fully saturated rings. The molecule has 0 amide bonds. The Bertz CT molecular complexity index is 946. The molecule has 5 nitrogen and oxygen atoms in total. The van der Waals surface area contributed by atoms with Gasteiger partial charge in [0.2, 0.25) is 0 Å². The summed E-state index contributed by atoms with van der Waals surface area (Å²) in [4.78, 5) is 8.63. The maximum absolute atomic E-state index is 6.23. The fourth-order valence-electron chi connectivity index (χ4n) is 2.99. The minimum atomic E-state index is 0.268. The van der Waals surface area contributed by atoms with Crippen molar-refractivity contribution in [3.8, 4) is 17.0 Å². The molecule has 1 aliphatic heterocycles. The van der Waals surface area contributed by atoms with Gasteiger partial charge in [-0.2, -0.15) is 0 Å². The molecule has 1 aromatic heterocycles. The second kappa shape index (κ2) is 7.32. The molecular formula is C20H18ClN3O2. The van der Waals surface area contributed by atoms with E-state index in [9.17, 15) is 0 Å². The molecule has 4 rings (SSSR count). The number of hydrogen-bond acceptors (Lipinski definition) is 5. The number of hydrogen-bond donors (Lipinski definition) is 1. The number of ether oxygens (including phenoxy) is 2. The predicted octanol–water partition coefficient (Wildman–Crippen LogP) is 4.58. The molecule has 1 aliphatic rings. The number of nitrogens with zero attached hydrogens (tertiary/aromatic N) is 2. The van der Waals surface area contributed by atoms with E-state index in [2.05, 4.69) is 21.4 Å². The average molecular weight is 368 g/mol. The van der Waals surface area contributed by atoms with E-state index in [1.807, 2.05) is 43.3 Å². The lowest BCUT2D eigenvalue weighted by Crippen LogP contribution is -2.14. The van der Waals surface area contributed by atoms with Gasteiger partial charge in [0.25, 0.3) is 0 Å². The van der Waals surface area contributed by atoms with Crippen LogP contribution in [0.4, 0.5) is 5.69 Å². The summed E-state index contributed by atoms with van der Waals surface area (Å²) in [5.74, 6) is 1.61. The zero-order valence-electron chi connectivity index (χ0n) is 14.3. The highest BCUT2D eigenvalue weighted by atomic mass is 35.5. The normalized spacial score (nSPS) is 13.0. The van der Waals surface area contributed by atoms with Crippen LogP contribution in [0.3, 0.4) is 0 Å². The van der Waals surface area contributed by atoms with Crippen molar-refractivity contribution in [2.75, 3.05) is 12.1 Å².